The van der Waals surface area contributed by atoms with Crippen LogP contribution in [0.3, 0.4) is 0 Å². The average molecular weight is 338 g/mol. The maximum Gasteiger partial charge on any atom is 0.222 e. The third-order valence-electron chi connectivity index (χ3n) is 5.11. The minimum Gasteiger partial charge on any atom is -0.387 e. The highest BCUT2D eigenvalue weighted by Crippen LogP contribution is 2.24. The van der Waals surface area contributed by atoms with Gasteiger partial charge in [-0.1, -0.05) is 0 Å². The number of aliphatic hydroxyl groups excluding tert-OH is 1. The van der Waals surface area contributed by atoms with Gasteiger partial charge in [-0.3, -0.25) is 4.79 Å². The molecule has 0 aliphatic carbocycles. The lowest BCUT2D eigenvalue weighted by atomic mass is 9.95. The minimum absolute atomic E-state index is 0.0137. The fourth-order valence-electron chi connectivity index (χ4n) is 3.67. The van der Waals surface area contributed by atoms with E-state index < -0.39 is 17.7 Å². The van der Waals surface area contributed by atoms with Gasteiger partial charge in [0.05, 0.1) is 6.10 Å². The van der Waals surface area contributed by atoms with Crippen molar-refractivity contribution in [2.75, 3.05) is 32.7 Å². The largest absolute Gasteiger partial charge is 0.387 e. The molecular weight excluding hydrogens is 314 g/mol. The second-order valence-corrected chi connectivity index (χ2v) is 6.87. The van der Waals surface area contributed by atoms with E-state index in [2.05, 4.69) is 4.90 Å². The number of β-amino-alcohol motifs (C(OH)–C–C–N with tert-alkyl or cyclic N) is 1. The van der Waals surface area contributed by atoms with E-state index in [0.717, 1.165) is 63.6 Å². The van der Waals surface area contributed by atoms with Gasteiger partial charge in [0, 0.05) is 31.6 Å². The molecule has 1 aromatic carbocycles. The van der Waals surface area contributed by atoms with E-state index in [4.69, 9.17) is 0 Å². The normalized spacial score (nSPS) is 21.5. The van der Waals surface area contributed by atoms with E-state index in [1.807, 2.05) is 4.90 Å². The van der Waals surface area contributed by atoms with Crippen LogP contribution in [0.2, 0.25) is 0 Å². The number of aliphatic hydroxyl groups is 1. The Morgan fingerprint density at radius 3 is 2.62 bits per heavy atom. The summed E-state index contributed by atoms with van der Waals surface area (Å²) in [5.74, 6) is -0.369. The van der Waals surface area contributed by atoms with E-state index in [-0.39, 0.29) is 11.5 Å². The second kappa shape index (κ2) is 7.57. The van der Waals surface area contributed by atoms with Crippen LogP contribution in [-0.2, 0) is 4.79 Å². The molecule has 0 aromatic heterocycles. The highest BCUT2D eigenvalue weighted by Gasteiger charge is 2.27. The monoisotopic (exact) mass is 338 g/mol. The number of halogens is 2. The number of carbonyl (C=O) groups excluding carboxylic acids is 1. The highest BCUT2D eigenvalue weighted by atomic mass is 19.1. The smallest absolute Gasteiger partial charge is 0.222 e. The molecule has 0 spiro atoms. The molecule has 1 N–H and O–H groups in total. The molecule has 2 saturated heterocycles. The molecule has 0 radical (unpaired) electrons. The van der Waals surface area contributed by atoms with Gasteiger partial charge in [-0.05, 0) is 56.5 Å². The summed E-state index contributed by atoms with van der Waals surface area (Å²) >= 11 is 0. The Balaban J connectivity index is 1.48. The van der Waals surface area contributed by atoms with Crippen molar-refractivity contribution in [3.63, 3.8) is 0 Å². The summed E-state index contributed by atoms with van der Waals surface area (Å²) in [5.41, 5.74) is 0.0137. The molecule has 1 unspecified atom stereocenters. The lowest BCUT2D eigenvalue weighted by molar-refractivity contribution is -0.128. The lowest BCUT2D eigenvalue weighted by Gasteiger charge is -2.34. The van der Waals surface area contributed by atoms with Crippen LogP contribution < -0.4 is 0 Å². The van der Waals surface area contributed by atoms with Gasteiger partial charge in [0.1, 0.15) is 11.6 Å². The third-order valence-corrected chi connectivity index (χ3v) is 5.11. The van der Waals surface area contributed by atoms with Gasteiger partial charge in [-0.15, -0.1) is 0 Å². The SMILES string of the molecule is O=C1CCCN1CC1CCN(CC(O)c2cc(F)ccc2F)CC1. The maximum absolute atomic E-state index is 13.7. The zero-order valence-corrected chi connectivity index (χ0v) is 13.8. The van der Waals surface area contributed by atoms with Gasteiger partial charge in [-0.25, -0.2) is 8.78 Å². The van der Waals surface area contributed by atoms with Crippen molar-refractivity contribution >= 4 is 5.91 Å². The molecule has 132 valence electrons. The first-order valence-electron chi connectivity index (χ1n) is 8.66. The molecule has 24 heavy (non-hydrogen) atoms. The first-order chi connectivity index (χ1) is 11.5. The summed E-state index contributed by atoms with van der Waals surface area (Å²) in [6.45, 7) is 3.61. The van der Waals surface area contributed by atoms with Crippen LogP contribution in [0, 0.1) is 17.6 Å². The van der Waals surface area contributed by atoms with Gasteiger partial charge in [0.25, 0.3) is 0 Å². The molecule has 2 aliphatic rings. The number of nitrogens with zero attached hydrogens (tertiary/aromatic N) is 2. The maximum atomic E-state index is 13.7. The molecule has 0 bridgehead atoms. The number of likely N-dealkylation sites (tertiary alicyclic amines) is 2. The summed E-state index contributed by atoms with van der Waals surface area (Å²) in [5, 5.41) is 10.2. The Morgan fingerprint density at radius 2 is 1.96 bits per heavy atom. The van der Waals surface area contributed by atoms with E-state index in [9.17, 15) is 18.7 Å². The van der Waals surface area contributed by atoms with Gasteiger partial charge < -0.3 is 14.9 Å². The fraction of sp³-hybridized carbons (Fsp3) is 0.611. The van der Waals surface area contributed by atoms with E-state index in [1.165, 1.54) is 0 Å². The molecule has 3 rings (SSSR count). The van der Waals surface area contributed by atoms with Crippen molar-refractivity contribution in [2.24, 2.45) is 5.92 Å². The van der Waals surface area contributed by atoms with Crippen LogP contribution in [0.1, 0.15) is 37.4 Å². The Morgan fingerprint density at radius 1 is 1.21 bits per heavy atom. The van der Waals surface area contributed by atoms with Gasteiger partial charge in [0.15, 0.2) is 0 Å². The molecule has 1 atom stereocenters. The van der Waals surface area contributed by atoms with Crippen LogP contribution >= 0.6 is 0 Å². The zero-order chi connectivity index (χ0) is 17.1. The molecule has 0 saturated carbocycles. The summed E-state index contributed by atoms with van der Waals surface area (Å²) in [7, 11) is 0. The minimum atomic E-state index is -1.03. The summed E-state index contributed by atoms with van der Waals surface area (Å²) in [6.07, 6.45) is 2.52. The van der Waals surface area contributed by atoms with E-state index in [1.54, 1.807) is 0 Å². The molecule has 1 aromatic rings. The first-order valence-corrected chi connectivity index (χ1v) is 8.66. The number of hydrogen-bond acceptors (Lipinski definition) is 3. The van der Waals surface area contributed by atoms with E-state index >= 15 is 0 Å². The van der Waals surface area contributed by atoms with Crippen molar-refractivity contribution in [2.45, 2.75) is 31.8 Å². The van der Waals surface area contributed by atoms with Crippen molar-refractivity contribution in [1.82, 2.24) is 9.80 Å². The predicted molar refractivity (Wildman–Crippen MR) is 86.3 cm³/mol. The Labute approximate surface area is 141 Å². The number of hydrogen-bond donors (Lipinski definition) is 1. The number of rotatable bonds is 5. The van der Waals surface area contributed by atoms with Crippen LogP contribution in [0.25, 0.3) is 0 Å². The third kappa shape index (κ3) is 4.11. The molecule has 6 heteroatoms. The number of carbonyl (C=O) groups is 1. The molecule has 4 nitrogen and oxygen atoms in total. The van der Waals surface area contributed by atoms with Crippen LogP contribution in [0.4, 0.5) is 8.78 Å². The second-order valence-electron chi connectivity index (χ2n) is 6.87. The van der Waals surface area contributed by atoms with Crippen LogP contribution in [0.15, 0.2) is 18.2 Å². The zero-order valence-electron chi connectivity index (χ0n) is 13.8. The topological polar surface area (TPSA) is 43.8 Å². The Kier molecular flexibility index (Phi) is 5.46. The Bertz CT molecular complexity index is 588. The van der Waals surface area contributed by atoms with Crippen LogP contribution in [-0.4, -0.2) is 53.5 Å². The van der Waals surface area contributed by atoms with Crippen molar-refractivity contribution < 1.29 is 18.7 Å². The van der Waals surface area contributed by atoms with Crippen molar-refractivity contribution in [3.8, 4) is 0 Å². The highest BCUT2D eigenvalue weighted by molar-refractivity contribution is 5.78. The van der Waals surface area contributed by atoms with E-state index in [0.29, 0.717) is 18.9 Å². The van der Waals surface area contributed by atoms with Crippen molar-refractivity contribution in [1.29, 1.82) is 0 Å². The molecule has 1 amide bonds. The first kappa shape index (κ1) is 17.3. The number of amides is 1. The van der Waals surface area contributed by atoms with Gasteiger partial charge in [-0.2, -0.15) is 0 Å². The van der Waals surface area contributed by atoms with Crippen LogP contribution in [0.5, 0.6) is 0 Å². The average Bonchev–Trinajstić information content (AvgIpc) is 2.96. The molecule has 2 fully saturated rings. The number of benzene rings is 1. The standard InChI is InChI=1S/C18H24F2N2O2/c19-14-3-4-16(20)15(10-14)17(23)12-21-8-5-13(6-9-21)11-22-7-1-2-18(22)24/h3-4,10,13,17,23H,1-2,5-9,11-12H2. The summed E-state index contributed by atoms with van der Waals surface area (Å²) in [6, 6.07) is 3.16. The predicted octanol–water partition coefficient (Wildman–Crippen LogP) is 2.33. The summed E-state index contributed by atoms with van der Waals surface area (Å²) in [4.78, 5) is 15.7. The lowest BCUT2D eigenvalue weighted by Crippen LogP contribution is -2.40. The fourth-order valence-corrected chi connectivity index (χ4v) is 3.67. The molecule has 2 heterocycles. The quantitative estimate of drug-likeness (QED) is 0.896. The van der Waals surface area contributed by atoms with Gasteiger partial charge in [0.2, 0.25) is 5.91 Å². The molecular formula is C18H24F2N2O2. The Hall–Kier alpha value is -1.53. The number of piperidine rings is 1. The van der Waals surface area contributed by atoms with Gasteiger partial charge >= 0.3 is 0 Å². The van der Waals surface area contributed by atoms with Crippen molar-refractivity contribution in [3.05, 3.63) is 35.4 Å². The summed E-state index contributed by atoms with van der Waals surface area (Å²) < 4.78 is 27.0. The molecule has 2 aliphatic heterocycles.